The van der Waals surface area contributed by atoms with E-state index in [1.54, 1.807) is 0 Å². The fourth-order valence-electron chi connectivity index (χ4n) is 3.01. The summed E-state index contributed by atoms with van der Waals surface area (Å²) >= 11 is 6.00. The average Bonchev–Trinajstić information content (AvgIpc) is 2.97. The third kappa shape index (κ3) is 2.37. The Morgan fingerprint density at radius 1 is 1.53 bits per heavy atom. The van der Waals surface area contributed by atoms with Gasteiger partial charge in [-0.25, -0.2) is 0 Å². The Bertz CT molecular complexity index is 509. The van der Waals surface area contributed by atoms with E-state index in [0.29, 0.717) is 6.61 Å². The number of fused-ring (bicyclic) bond motifs is 1. The fourth-order valence-corrected chi connectivity index (χ4v) is 3.20. The highest BCUT2D eigenvalue weighted by Gasteiger charge is 2.39. The minimum Gasteiger partial charge on any atom is -0.365 e. The summed E-state index contributed by atoms with van der Waals surface area (Å²) in [6, 6.07) is 6.00. The van der Waals surface area contributed by atoms with Crippen molar-refractivity contribution in [2.24, 2.45) is 0 Å². The first-order valence-electron chi connectivity index (χ1n) is 6.82. The van der Waals surface area contributed by atoms with Gasteiger partial charge < -0.3 is 10.1 Å². The van der Waals surface area contributed by atoms with Crippen molar-refractivity contribution in [3.63, 3.8) is 0 Å². The molecule has 2 atom stereocenters. The van der Waals surface area contributed by atoms with Crippen molar-refractivity contribution in [3.8, 4) is 0 Å². The van der Waals surface area contributed by atoms with Crippen LogP contribution in [-0.4, -0.2) is 18.1 Å². The summed E-state index contributed by atoms with van der Waals surface area (Å²) in [5, 5.41) is 3.89. The number of halogens is 1. The van der Waals surface area contributed by atoms with Gasteiger partial charge >= 0.3 is 0 Å². The lowest BCUT2D eigenvalue weighted by molar-refractivity contribution is -0.140. The minimum absolute atomic E-state index is 0.0119. The molecule has 19 heavy (non-hydrogen) atoms. The maximum atomic E-state index is 12.3. The van der Waals surface area contributed by atoms with Gasteiger partial charge in [-0.1, -0.05) is 17.7 Å². The number of amides is 1. The summed E-state index contributed by atoms with van der Waals surface area (Å²) in [5.41, 5.74) is 1.80. The van der Waals surface area contributed by atoms with Gasteiger partial charge in [0.1, 0.15) is 5.60 Å². The van der Waals surface area contributed by atoms with Crippen molar-refractivity contribution in [1.82, 2.24) is 5.32 Å². The van der Waals surface area contributed by atoms with Gasteiger partial charge in [-0.05, 0) is 55.9 Å². The van der Waals surface area contributed by atoms with Crippen LogP contribution in [0.1, 0.15) is 43.4 Å². The average molecular weight is 280 g/mol. The standard InChI is InChI=1S/C15H18ClNO2/c1-15(7-2-8-19-15)14(18)17-13-6-3-10-9-11(16)4-5-12(10)13/h4-5,9,13H,2-3,6-8H2,1H3,(H,17,18)/t13-,15+/m0/s1. The van der Waals surface area contributed by atoms with Gasteiger partial charge in [-0.2, -0.15) is 0 Å². The maximum Gasteiger partial charge on any atom is 0.252 e. The highest BCUT2D eigenvalue weighted by Crippen LogP contribution is 2.34. The van der Waals surface area contributed by atoms with Crippen LogP contribution < -0.4 is 5.32 Å². The molecular weight excluding hydrogens is 262 g/mol. The number of hydrogen-bond donors (Lipinski definition) is 1. The smallest absolute Gasteiger partial charge is 0.252 e. The van der Waals surface area contributed by atoms with E-state index in [2.05, 4.69) is 5.32 Å². The molecule has 0 aromatic heterocycles. The largest absolute Gasteiger partial charge is 0.365 e. The Labute approximate surface area is 118 Å². The van der Waals surface area contributed by atoms with Crippen LogP contribution in [0.25, 0.3) is 0 Å². The lowest BCUT2D eigenvalue weighted by Crippen LogP contribution is -2.45. The van der Waals surface area contributed by atoms with Crippen LogP contribution in [0.2, 0.25) is 5.02 Å². The van der Waals surface area contributed by atoms with Crippen LogP contribution in [0.3, 0.4) is 0 Å². The van der Waals surface area contributed by atoms with E-state index in [-0.39, 0.29) is 11.9 Å². The van der Waals surface area contributed by atoms with Crippen LogP contribution in [0, 0.1) is 0 Å². The Morgan fingerprint density at radius 2 is 2.37 bits per heavy atom. The van der Waals surface area contributed by atoms with Crippen molar-refractivity contribution in [3.05, 3.63) is 34.3 Å². The van der Waals surface area contributed by atoms with E-state index < -0.39 is 5.60 Å². The van der Waals surface area contributed by atoms with E-state index in [0.717, 1.165) is 30.7 Å². The van der Waals surface area contributed by atoms with Crippen molar-refractivity contribution < 1.29 is 9.53 Å². The topological polar surface area (TPSA) is 38.3 Å². The van der Waals surface area contributed by atoms with E-state index in [1.165, 1.54) is 11.1 Å². The number of ether oxygens (including phenoxy) is 1. The molecule has 0 saturated carbocycles. The zero-order chi connectivity index (χ0) is 13.5. The van der Waals surface area contributed by atoms with Gasteiger partial charge in [0.25, 0.3) is 5.91 Å². The first-order valence-corrected chi connectivity index (χ1v) is 7.19. The lowest BCUT2D eigenvalue weighted by atomic mass is 10.0. The highest BCUT2D eigenvalue weighted by molar-refractivity contribution is 6.30. The van der Waals surface area contributed by atoms with E-state index >= 15 is 0 Å². The Hall–Kier alpha value is -1.06. The summed E-state index contributed by atoms with van der Waals surface area (Å²) in [6.07, 6.45) is 3.68. The van der Waals surface area contributed by atoms with Crippen LogP contribution in [0.15, 0.2) is 18.2 Å². The third-order valence-corrected chi connectivity index (χ3v) is 4.42. The number of carbonyl (C=O) groups excluding carboxylic acids is 1. The lowest BCUT2D eigenvalue weighted by Gasteiger charge is -2.25. The predicted molar refractivity (Wildman–Crippen MR) is 74.2 cm³/mol. The molecule has 1 aliphatic heterocycles. The van der Waals surface area contributed by atoms with Crippen molar-refractivity contribution in [2.45, 2.75) is 44.2 Å². The van der Waals surface area contributed by atoms with Crippen LogP contribution in [0.5, 0.6) is 0 Å². The third-order valence-electron chi connectivity index (χ3n) is 4.19. The maximum absolute atomic E-state index is 12.3. The molecule has 1 saturated heterocycles. The predicted octanol–water partition coefficient (Wildman–Crippen LogP) is 3.01. The summed E-state index contributed by atoms with van der Waals surface area (Å²) in [6.45, 7) is 2.56. The highest BCUT2D eigenvalue weighted by atomic mass is 35.5. The van der Waals surface area contributed by atoms with E-state index in [1.807, 2.05) is 25.1 Å². The molecule has 1 fully saturated rings. The first kappa shape index (κ1) is 12.9. The van der Waals surface area contributed by atoms with Gasteiger partial charge in [0.05, 0.1) is 6.04 Å². The molecule has 1 aromatic rings. The summed E-state index contributed by atoms with van der Waals surface area (Å²) < 4.78 is 5.59. The molecule has 0 bridgehead atoms. The normalized spacial score (nSPS) is 29.3. The van der Waals surface area contributed by atoms with Gasteiger partial charge in [-0.3, -0.25) is 4.79 Å². The molecule has 2 aliphatic rings. The molecule has 1 aromatic carbocycles. The Kier molecular flexibility index (Phi) is 3.27. The molecule has 1 amide bonds. The van der Waals surface area contributed by atoms with Gasteiger partial charge in [-0.15, -0.1) is 0 Å². The van der Waals surface area contributed by atoms with Gasteiger partial charge in [0, 0.05) is 11.6 Å². The van der Waals surface area contributed by atoms with E-state index in [9.17, 15) is 4.79 Å². The second kappa shape index (κ2) is 4.80. The molecule has 4 heteroatoms. The first-order chi connectivity index (χ1) is 9.08. The zero-order valence-corrected chi connectivity index (χ0v) is 11.8. The molecule has 0 unspecified atom stereocenters. The molecule has 102 valence electrons. The molecule has 3 nitrogen and oxygen atoms in total. The monoisotopic (exact) mass is 279 g/mol. The Balaban J connectivity index is 1.74. The SMILES string of the molecule is C[C@]1(C(=O)N[C@H]2CCc3cc(Cl)ccc32)CCCO1. The number of nitrogens with one attached hydrogen (secondary N) is 1. The number of benzene rings is 1. The summed E-state index contributed by atoms with van der Waals surface area (Å²) in [4.78, 5) is 12.3. The van der Waals surface area contributed by atoms with E-state index in [4.69, 9.17) is 16.3 Å². The molecule has 1 heterocycles. The van der Waals surface area contributed by atoms with Crippen molar-refractivity contribution in [2.75, 3.05) is 6.61 Å². The second-order valence-electron chi connectivity index (χ2n) is 5.59. The number of rotatable bonds is 2. The zero-order valence-electron chi connectivity index (χ0n) is 11.0. The molecule has 1 aliphatic carbocycles. The van der Waals surface area contributed by atoms with Gasteiger partial charge in [0.15, 0.2) is 0 Å². The summed E-state index contributed by atoms with van der Waals surface area (Å²) in [5.74, 6) is 0.0119. The Morgan fingerprint density at radius 3 is 3.11 bits per heavy atom. The molecule has 1 N–H and O–H groups in total. The van der Waals surface area contributed by atoms with Crippen LogP contribution in [-0.2, 0) is 16.0 Å². The van der Waals surface area contributed by atoms with Crippen molar-refractivity contribution in [1.29, 1.82) is 0 Å². The number of carbonyl (C=O) groups is 1. The summed E-state index contributed by atoms with van der Waals surface area (Å²) in [7, 11) is 0. The second-order valence-corrected chi connectivity index (χ2v) is 6.03. The minimum atomic E-state index is -0.644. The molecule has 0 radical (unpaired) electrons. The molecule has 3 rings (SSSR count). The van der Waals surface area contributed by atoms with Crippen molar-refractivity contribution >= 4 is 17.5 Å². The van der Waals surface area contributed by atoms with Gasteiger partial charge in [0.2, 0.25) is 0 Å². The van der Waals surface area contributed by atoms with Crippen LogP contribution >= 0.6 is 11.6 Å². The number of hydrogen-bond acceptors (Lipinski definition) is 2. The quantitative estimate of drug-likeness (QED) is 0.904. The number of aryl methyl sites for hydroxylation is 1. The molecule has 0 spiro atoms. The molecular formula is C15H18ClNO2. The van der Waals surface area contributed by atoms with Crippen LogP contribution in [0.4, 0.5) is 0 Å². The fraction of sp³-hybridized carbons (Fsp3) is 0.533.